The summed E-state index contributed by atoms with van der Waals surface area (Å²) in [6.07, 6.45) is 2.03. The van der Waals surface area contributed by atoms with E-state index in [1.807, 2.05) is 24.4 Å². The highest BCUT2D eigenvalue weighted by atomic mass is 32.1. The normalized spacial score (nSPS) is 11.9. The molecule has 0 saturated heterocycles. The average Bonchev–Trinajstić information content (AvgIpc) is 3.39. The van der Waals surface area contributed by atoms with Crippen LogP contribution in [0.5, 0.6) is 0 Å². The first-order valence-corrected chi connectivity index (χ1v) is 10.2. The number of aromatic nitrogens is 1. The van der Waals surface area contributed by atoms with E-state index in [0.717, 1.165) is 5.52 Å². The van der Waals surface area contributed by atoms with Gasteiger partial charge >= 0.3 is 0 Å². The summed E-state index contributed by atoms with van der Waals surface area (Å²) in [6, 6.07) is 19.2. The Kier molecular flexibility index (Phi) is 5.44. The van der Waals surface area contributed by atoms with Gasteiger partial charge in [-0.15, -0.1) is 11.3 Å². The average molecular weight is 404 g/mol. The molecular formula is C23H21N3O2S. The number of thiophene rings is 1. The number of hydrogen-bond acceptors (Lipinski definition) is 3. The van der Waals surface area contributed by atoms with Crippen LogP contribution in [-0.4, -0.2) is 23.3 Å². The molecule has 0 radical (unpaired) electrons. The molecule has 3 N–H and O–H groups in total. The van der Waals surface area contributed by atoms with Crippen LogP contribution in [0.15, 0.2) is 72.2 Å². The molecule has 146 valence electrons. The third-order valence-corrected chi connectivity index (χ3v) is 5.80. The Morgan fingerprint density at radius 3 is 2.55 bits per heavy atom. The second-order valence-electron chi connectivity index (χ2n) is 6.83. The number of hydrogen-bond donors (Lipinski definition) is 3. The maximum absolute atomic E-state index is 12.7. The molecule has 0 aliphatic rings. The van der Waals surface area contributed by atoms with E-state index in [-0.39, 0.29) is 17.7 Å². The standard InChI is InChI=1S/C23H21N3O2S/c1-15(27)26-17-10-8-16(9-11-17)23(28)25-14-20(22-7-4-12-29-22)19-13-24-21-6-3-2-5-18(19)21/h2-13,20,24H,14H2,1H3,(H,25,28)(H,26,27). The number of carbonyl (C=O) groups is 2. The number of anilines is 1. The van der Waals surface area contributed by atoms with Crippen LogP contribution in [0.4, 0.5) is 5.69 Å². The molecule has 5 nitrogen and oxygen atoms in total. The zero-order valence-electron chi connectivity index (χ0n) is 15.9. The van der Waals surface area contributed by atoms with Crippen molar-refractivity contribution in [1.29, 1.82) is 0 Å². The smallest absolute Gasteiger partial charge is 0.251 e. The Morgan fingerprint density at radius 2 is 1.83 bits per heavy atom. The maximum atomic E-state index is 12.7. The molecule has 0 aliphatic carbocycles. The summed E-state index contributed by atoms with van der Waals surface area (Å²) in [5, 5.41) is 8.99. The van der Waals surface area contributed by atoms with Gasteiger partial charge in [-0.05, 0) is 47.3 Å². The Labute approximate surface area is 172 Å². The zero-order chi connectivity index (χ0) is 20.2. The molecule has 4 rings (SSSR count). The van der Waals surface area contributed by atoms with E-state index >= 15 is 0 Å². The molecule has 29 heavy (non-hydrogen) atoms. The summed E-state index contributed by atoms with van der Waals surface area (Å²) in [6.45, 7) is 1.95. The molecule has 4 aromatic rings. The van der Waals surface area contributed by atoms with E-state index < -0.39 is 0 Å². The fraction of sp³-hybridized carbons (Fsp3) is 0.130. The number of nitrogens with one attached hydrogen (secondary N) is 3. The van der Waals surface area contributed by atoms with Gasteiger partial charge in [-0.25, -0.2) is 0 Å². The number of amides is 2. The van der Waals surface area contributed by atoms with E-state index in [4.69, 9.17) is 0 Å². The number of aromatic amines is 1. The zero-order valence-corrected chi connectivity index (χ0v) is 16.8. The quantitative estimate of drug-likeness (QED) is 0.435. The highest BCUT2D eigenvalue weighted by Crippen LogP contribution is 2.32. The summed E-state index contributed by atoms with van der Waals surface area (Å²) in [5.41, 5.74) is 3.49. The Balaban J connectivity index is 1.53. The van der Waals surface area contributed by atoms with Gasteiger partial charge in [0.25, 0.3) is 5.91 Å². The molecule has 0 fully saturated rings. The molecular weight excluding hydrogens is 382 g/mol. The second kappa shape index (κ2) is 8.32. The molecule has 6 heteroatoms. The Hall–Kier alpha value is -3.38. The fourth-order valence-corrected chi connectivity index (χ4v) is 4.29. The van der Waals surface area contributed by atoms with Crippen LogP contribution in [0.25, 0.3) is 10.9 Å². The van der Waals surface area contributed by atoms with E-state index in [2.05, 4.69) is 39.2 Å². The van der Waals surface area contributed by atoms with Crippen molar-refractivity contribution in [3.05, 3.63) is 88.2 Å². The van der Waals surface area contributed by atoms with Gasteiger partial charge in [0, 0.05) is 52.6 Å². The molecule has 0 spiro atoms. The number of carbonyl (C=O) groups excluding carboxylic acids is 2. The van der Waals surface area contributed by atoms with Crippen molar-refractivity contribution in [3.8, 4) is 0 Å². The Bertz CT molecular complexity index is 1130. The number of benzene rings is 2. The molecule has 0 saturated carbocycles. The van der Waals surface area contributed by atoms with Crippen molar-refractivity contribution in [3.63, 3.8) is 0 Å². The summed E-state index contributed by atoms with van der Waals surface area (Å²) in [4.78, 5) is 28.4. The van der Waals surface area contributed by atoms with Gasteiger partial charge in [0.2, 0.25) is 5.91 Å². The number of fused-ring (bicyclic) bond motifs is 1. The van der Waals surface area contributed by atoms with Crippen LogP contribution in [-0.2, 0) is 4.79 Å². The summed E-state index contributed by atoms with van der Waals surface area (Å²) in [7, 11) is 0. The van der Waals surface area contributed by atoms with Crippen LogP contribution in [0.2, 0.25) is 0 Å². The summed E-state index contributed by atoms with van der Waals surface area (Å²) >= 11 is 1.69. The van der Waals surface area contributed by atoms with Crippen LogP contribution in [0.3, 0.4) is 0 Å². The third kappa shape index (κ3) is 4.22. The van der Waals surface area contributed by atoms with Crippen LogP contribution in [0.1, 0.15) is 33.6 Å². The second-order valence-corrected chi connectivity index (χ2v) is 7.81. The van der Waals surface area contributed by atoms with Crippen molar-refractivity contribution < 1.29 is 9.59 Å². The number of rotatable bonds is 6. The minimum absolute atomic E-state index is 0.0637. The lowest BCUT2D eigenvalue weighted by Gasteiger charge is -2.16. The predicted molar refractivity (Wildman–Crippen MR) is 118 cm³/mol. The van der Waals surface area contributed by atoms with Crippen molar-refractivity contribution in [2.75, 3.05) is 11.9 Å². The van der Waals surface area contributed by atoms with Gasteiger partial charge in [-0.2, -0.15) is 0 Å². The van der Waals surface area contributed by atoms with Gasteiger partial charge in [-0.3, -0.25) is 9.59 Å². The highest BCUT2D eigenvalue weighted by Gasteiger charge is 2.20. The molecule has 1 unspecified atom stereocenters. The monoisotopic (exact) mass is 403 g/mol. The van der Waals surface area contributed by atoms with E-state index in [9.17, 15) is 9.59 Å². The van der Waals surface area contributed by atoms with Crippen LogP contribution in [0, 0.1) is 0 Å². The largest absolute Gasteiger partial charge is 0.361 e. The van der Waals surface area contributed by atoms with Crippen LogP contribution < -0.4 is 10.6 Å². The third-order valence-electron chi connectivity index (χ3n) is 4.82. The molecule has 2 amide bonds. The highest BCUT2D eigenvalue weighted by molar-refractivity contribution is 7.10. The van der Waals surface area contributed by atoms with Gasteiger partial charge in [-0.1, -0.05) is 24.3 Å². The summed E-state index contributed by atoms with van der Waals surface area (Å²) in [5.74, 6) is -0.214. The molecule has 0 bridgehead atoms. The SMILES string of the molecule is CC(=O)Nc1ccc(C(=O)NCC(c2cccs2)c2c[nH]c3ccccc23)cc1. The van der Waals surface area contributed by atoms with Crippen molar-refractivity contribution in [2.45, 2.75) is 12.8 Å². The molecule has 2 aromatic carbocycles. The van der Waals surface area contributed by atoms with E-state index in [1.54, 1.807) is 35.6 Å². The fourth-order valence-electron chi connectivity index (χ4n) is 3.44. The minimum atomic E-state index is -0.139. The van der Waals surface area contributed by atoms with Gasteiger partial charge in [0.1, 0.15) is 0 Å². The molecule has 2 aromatic heterocycles. The lowest BCUT2D eigenvalue weighted by Crippen LogP contribution is -2.28. The van der Waals surface area contributed by atoms with Crippen molar-refractivity contribution in [2.24, 2.45) is 0 Å². The topological polar surface area (TPSA) is 74.0 Å². The first-order valence-electron chi connectivity index (χ1n) is 9.37. The first kappa shape index (κ1) is 19.0. The van der Waals surface area contributed by atoms with Crippen molar-refractivity contribution >= 4 is 39.7 Å². The lowest BCUT2D eigenvalue weighted by molar-refractivity contribution is -0.114. The lowest BCUT2D eigenvalue weighted by atomic mass is 9.96. The van der Waals surface area contributed by atoms with Gasteiger partial charge in [0.15, 0.2) is 0 Å². The van der Waals surface area contributed by atoms with Crippen LogP contribution >= 0.6 is 11.3 Å². The maximum Gasteiger partial charge on any atom is 0.251 e. The first-order chi connectivity index (χ1) is 14.1. The Morgan fingerprint density at radius 1 is 1.03 bits per heavy atom. The minimum Gasteiger partial charge on any atom is -0.361 e. The van der Waals surface area contributed by atoms with E-state index in [1.165, 1.54) is 22.8 Å². The van der Waals surface area contributed by atoms with Gasteiger partial charge in [0.05, 0.1) is 0 Å². The number of H-pyrrole nitrogens is 1. The molecule has 1 atom stereocenters. The predicted octanol–water partition coefficient (Wildman–Crippen LogP) is 4.75. The molecule has 0 aliphatic heterocycles. The van der Waals surface area contributed by atoms with E-state index in [0.29, 0.717) is 17.8 Å². The van der Waals surface area contributed by atoms with Crippen molar-refractivity contribution in [1.82, 2.24) is 10.3 Å². The number of para-hydroxylation sites is 1. The summed E-state index contributed by atoms with van der Waals surface area (Å²) < 4.78 is 0. The van der Waals surface area contributed by atoms with Gasteiger partial charge < -0.3 is 15.6 Å². The molecule has 2 heterocycles.